The first-order valence-electron chi connectivity index (χ1n) is 7.29. The molecule has 0 saturated carbocycles. The third-order valence-corrected chi connectivity index (χ3v) is 3.48. The summed E-state index contributed by atoms with van der Waals surface area (Å²) in [5.41, 5.74) is 2.77. The number of carbonyl (C=O) groups excluding carboxylic acids is 1. The van der Waals surface area contributed by atoms with Crippen LogP contribution < -0.4 is 10.6 Å². The zero-order valence-electron chi connectivity index (χ0n) is 13.0. The van der Waals surface area contributed by atoms with Gasteiger partial charge in [0.1, 0.15) is 5.76 Å². The summed E-state index contributed by atoms with van der Waals surface area (Å²) < 4.78 is 5.11. The van der Waals surface area contributed by atoms with Crippen LogP contribution in [0.3, 0.4) is 0 Å². The Morgan fingerprint density at radius 1 is 1.17 bits per heavy atom. The van der Waals surface area contributed by atoms with Gasteiger partial charge >= 0.3 is 12.0 Å². The van der Waals surface area contributed by atoms with Gasteiger partial charge in [0.2, 0.25) is 0 Å². The number of urea groups is 1. The van der Waals surface area contributed by atoms with Crippen LogP contribution >= 0.6 is 0 Å². The van der Waals surface area contributed by atoms with Crippen LogP contribution in [0.2, 0.25) is 0 Å². The van der Waals surface area contributed by atoms with Gasteiger partial charge in [-0.25, -0.2) is 9.59 Å². The molecule has 2 rings (SSSR count). The summed E-state index contributed by atoms with van der Waals surface area (Å²) in [5.74, 6) is -0.274. The SMILES string of the molecule is CCc1noc(C)c1CNC(=O)NCc1ccc(C(=O)O)cc1. The Morgan fingerprint density at radius 3 is 2.43 bits per heavy atom. The summed E-state index contributed by atoms with van der Waals surface area (Å²) in [5, 5.41) is 18.2. The first-order chi connectivity index (χ1) is 11.0. The van der Waals surface area contributed by atoms with Crippen LogP contribution in [0.1, 0.15) is 39.9 Å². The number of aromatic carboxylic acids is 1. The van der Waals surface area contributed by atoms with Gasteiger partial charge in [-0.3, -0.25) is 0 Å². The topological polar surface area (TPSA) is 104 Å². The van der Waals surface area contributed by atoms with E-state index in [2.05, 4.69) is 15.8 Å². The lowest BCUT2D eigenvalue weighted by Gasteiger charge is -2.08. The average Bonchev–Trinajstić information content (AvgIpc) is 2.91. The number of hydrogen-bond acceptors (Lipinski definition) is 4. The summed E-state index contributed by atoms with van der Waals surface area (Å²) in [7, 11) is 0. The van der Waals surface area contributed by atoms with Crippen molar-refractivity contribution >= 4 is 12.0 Å². The number of aromatic nitrogens is 1. The molecule has 1 heterocycles. The van der Waals surface area contributed by atoms with Gasteiger partial charge in [0.25, 0.3) is 0 Å². The van der Waals surface area contributed by atoms with E-state index in [9.17, 15) is 9.59 Å². The zero-order chi connectivity index (χ0) is 16.8. The molecule has 1 aromatic heterocycles. The number of rotatable bonds is 6. The lowest BCUT2D eigenvalue weighted by atomic mass is 10.1. The quantitative estimate of drug-likeness (QED) is 0.758. The van der Waals surface area contributed by atoms with Gasteiger partial charge < -0.3 is 20.3 Å². The molecule has 7 heteroatoms. The molecule has 7 nitrogen and oxygen atoms in total. The molecule has 2 amide bonds. The second kappa shape index (κ2) is 7.44. The molecule has 122 valence electrons. The molecule has 0 spiro atoms. The van der Waals surface area contributed by atoms with Crippen LogP contribution in [0.15, 0.2) is 28.8 Å². The molecule has 1 aromatic carbocycles. The fraction of sp³-hybridized carbons (Fsp3) is 0.312. The van der Waals surface area contributed by atoms with E-state index in [1.165, 1.54) is 12.1 Å². The average molecular weight is 317 g/mol. The first-order valence-corrected chi connectivity index (χ1v) is 7.29. The standard InChI is InChI=1S/C16H19N3O4/c1-3-14-13(10(2)23-19-14)9-18-16(22)17-8-11-4-6-12(7-5-11)15(20)21/h4-7H,3,8-9H2,1-2H3,(H,20,21)(H2,17,18,22). The summed E-state index contributed by atoms with van der Waals surface area (Å²) in [6.07, 6.45) is 0.742. The summed E-state index contributed by atoms with van der Waals surface area (Å²) in [6, 6.07) is 6.04. The molecule has 0 aliphatic carbocycles. The van der Waals surface area contributed by atoms with Crippen molar-refractivity contribution in [1.82, 2.24) is 15.8 Å². The summed E-state index contributed by atoms with van der Waals surface area (Å²) >= 11 is 0. The van der Waals surface area contributed by atoms with Crippen LogP contribution in [0.25, 0.3) is 0 Å². The second-order valence-corrected chi connectivity index (χ2v) is 5.06. The van der Waals surface area contributed by atoms with Crippen molar-refractivity contribution in [3.8, 4) is 0 Å². The lowest BCUT2D eigenvalue weighted by molar-refractivity contribution is 0.0697. The van der Waals surface area contributed by atoms with E-state index in [0.717, 1.165) is 23.2 Å². The van der Waals surface area contributed by atoms with Gasteiger partial charge in [0, 0.05) is 18.7 Å². The maximum Gasteiger partial charge on any atom is 0.335 e. The third kappa shape index (κ3) is 4.32. The molecule has 0 atom stereocenters. The molecule has 0 bridgehead atoms. The number of nitrogens with zero attached hydrogens (tertiary/aromatic N) is 1. The lowest BCUT2D eigenvalue weighted by Crippen LogP contribution is -2.34. The van der Waals surface area contributed by atoms with Gasteiger partial charge in [-0.05, 0) is 31.0 Å². The van der Waals surface area contributed by atoms with E-state index >= 15 is 0 Å². The number of aryl methyl sites for hydroxylation is 2. The highest BCUT2D eigenvalue weighted by Crippen LogP contribution is 2.13. The van der Waals surface area contributed by atoms with Crippen molar-refractivity contribution in [3.05, 3.63) is 52.4 Å². The van der Waals surface area contributed by atoms with Crippen molar-refractivity contribution in [2.75, 3.05) is 0 Å². The summed E-state index contributed by atoms with van der Waals surface area (Å²) in [4.78, 5) is 22.6. The van der Waals surface area contributed by atoms with Crippen molar-refractivity contribution in [2.45, 2.75) is 33.4 Å². The minimum absolute atomic E-state index is 0.216. The van der Waals surface area contributed by atoms with E-state index in [1.807, 2.05) is 13.8 Å². The third-order valence-electron chi connectivity index (χ3n) is 3.48. The molecule has 0 aliphatic rings. The Morgan fingerprint density at radius 2 is 1.83 bits per heavy atom. The summed E-state index contributed by atoms with van der Waals surface area (Å²) in [6.45, 7) is 4.45. The fourth-order valence-electron chi connectivity index (χ4n) is 2.12. The predicted molar refractivity (Wildman–Crippen MR) is 83.1 cm³/mol. The van der Waals surface area contributed by atoms with Crippen LogP contribution in [0.5, 0.6) is 0 Å². The van der Waals surface area contributed by atoms with Crippen LogP contribution in [-0.2, 0) is 19.5 Å². The van der Waals surface area contributed by atoms with Crippen molar-refractivity contribution in [1.29, 1.82) is 0 Å². The smallest absolute Gasteiger partial charge is 0.335 e. The van der Waals surface area contributed by atoms with Crippen LogP contribution in [0, 0.1) is 6.92 Å². The molecule has 0 saturated heterocycles. The maximum absolute atomic E-state index is 11.8. The largest absolute Gasteiger partial charge is 0.478 e. The van der Waals surface area contributed by atoms with Gasteiger partial charge in [-0.15, -0.1) is 0 Å². The molecule has 0 fully saturated rings. The second-order valence-electron chi connectivity index (χ2n) is 5.06. The molecule has 2 aromatic rings. The van der Waals surface area contributed by atoms with Crippen LogP contribution in [-0.4, -0.2) is 22.3 Å². The number of hydrogen-bond donors (Lipinski definition) is 3. The minimum atomic E-state index is -0.974. The van der Waals surface area contributed by atoms with E-state index in [0.29, 0.717) is 18.8 Å². The Balaban J connectivity index is 1.83. The van der Waals surface area contributed by atoms with Gasteiger partial charge in [-0.2, -0.15) is 0 Å². The normalized spacial score (nSPS) is 10.3. The number of carboxylic acid groups (broad SMARTS) is 1. The number of nitrogens with one attached hydrogen (secondary N) is 2. The van der Waals surface area contributed by atoms with E-state index in [-0.39, 0.29) is 11.6 Å². The highest BCUT2D eigenvalue weighted by Gasteiger charge is 2.12. The minimum Gasteiger partial charge on any atom is -0.478 e. The van der Waals surface area contributed by atoms with E-state index < -0.39 is 5.97 Å². The molecule has 0 aliphatic heterocycles. The number of amides is 2. The predicted octanol–water partition coefficient (Wildman–Crippen LogP) is 2.24. The molecular formula is C16H19N3O4. The number of carboxylic acids is 1. The number of carbonyl (C=O) groups is 2. The first kappa shape index (κ1) is 16.5. The van der Waals surface area contributed by atoms with Crippen molar-refractivity contribution in [3.63, 3.8) is 0 Å². The van der Waals surface area contributed by atoms with Gasteiger partial charge in [-0.1, -0.05) is 24.2 Å². The molecular weight excluding hydrogens is 298 g/mol. The fourth-order valence-corrected chi connectivity index (χ4v) is 2.12. The Kier molecular flexibility index (Phi) is 5.35. The van der Waals surface area contributed by atoms with Crippen LogP contribution in [0.4, 0.5) is 4.79 Å². The molecule has 0 unspecified atom stereocenters. The highest BCUT2D eigenvalue weighted by molar-refractivity contribution is 5.87. The maximum atomic E-state index is 11.8. The monoisotopic (exact) mass is 317 g/mol. The zero-order valence-corrected chi connectivity index (χ0v) is 13.0. The van der Waals surface area contributed by atoms with E-state index in [1.54, 1.807) is 12.1 Å². The Bertz CT molecular complexity index is 692. The Hall–Kier alpha value is -2.83. The molecule has 23 heavy (non-hydrogen) atoms. The molecule has 0 radical (unpaired) electrons. The van der Waals surface area contributed by atoms with E-state index in [4.69, 9.17) is 9.63 Å². The van der Waals surface area contributed by atoms with Gasteiger partial charge in [0.15, 0.2) is 0 Å². The van der Waals surface area contributed by atoms with Crippen molar-refractivity contribution in [2.24, 2.45) is 0 Å². The Labute approximate surface area is 133 Å². The molecule has 3 N–H and O–H groups in total. The van der Waals surface area contributed by atoms with Crippen molar-refractivity contribution < 1.29 is 19.2 Å². The highest BCUT2D eigenvalue weighted by atomic mass is 16.5. The number of benzene rings is 1. The van der Waals surface area contributed by atoms with Gasteiger partial charge in [0.05, 0.1) is 11.3 Å².